The van der Waals surface area contributed by atoms with Crippen LogP contribution < -0.4 is 9.47 Å². The first-order valence-corrected chi connectivity index (χ1v) is 9.28. The Kier molecular flexibility index (Phi) is 5.83. The standard InChI is InChI=1S/C18H21ClN2O3S/c1-23-15-5-3-4-14(17(15)24-2)18(22)21-10-8-20(9-11-21)12-13-6-7-16(19)25-13/h3-7H,8-12H2,1-2H3. The number of ether oxygens (including phenoxy) is 2. The van der Waals surface area contributed by atoms with Gasteiger partial charge in [0.1, 0.15) is 0 Å². The molecule has 2 heterocycles. The molecule has 0 unspecified atom stereocenters. The van der Waals surface area contributed by atoms with E-state index in [1.165, 1.54) is 4.88 Å². The van der Waals surface area contributed by atoms with Crippen molar-refractivity contribution in [3.63, 3.8) is 0 Å². The van der Waals surface area contributed by atoms with Gasteiger partial charge >= 0.3 is 0 Å². The van der Waals surface area contributed by atoms with E-state index >= 15 is 0 Å². The van der Waals surface area contributed by atoms with E-state index in [-0.39, 0.29) is 5.91 Å². The highest BCUT2D eigenvalue weighted by Crippen LogP contribution is 2.31. The van der Waals surface area contributed by atoms with Gasteiger partial charge in [-0.25, -0.2) is 0 Å². The van der Waals surface area contributed by atoms with Gasteiger partial charge < -0.3 is 14.4 Å². The van der Waals surface area contributed by atoms with E-state index in [1.54, 1.807) is 37.7 Å². The molecule has 1 aliphatic heterocycles. The smallest absolute Gasteiger partial charge is 0.257 e. The Hall–Kier alpha value is -1.76. The van der Waals surface area contributed by atoms with Crippen LogP contribution in [0.1, 0.15) is 15.2 Å². The average molecular weight is 381 g/mol. The zero-order valence-electron chi connectivity index (χ0n) is 14.3. The molecule has 0 radical (unpaired) electrons. The van der Waals surface area contributed by atoms with Crippen molar-refractivity contribution in [1.82, 2.24) is 9.80 Å². The number of halogens is 1. The molecular weight excluding hydrogens is 360 g/mol. The molecule has 25 heavy (non-hydrogen) atoms. The molecule has 134 valence electrons. The van der Waals surface area contributed by atoms with Crippen LogP contribution in [0.15, 0.2) is 30.3 Å². The molecular formula is C18H21ClN2O3S. The van der Waals surface area contributed by atoms with Crippen LogP contribution in [0.3, 0.4) is 0 Å². The number of amides is 1. The molecule has 1 amide bonds. The zero-order chi connectivity index (χ0) is 17.8. The maximum atomic E-state index is 12.9. The summed E-state index contributed by atoms with van der Waals surface area (Å²) in [6.45, 7) is 3.94. The Morgan fingerprint density at radius 2 is 1.88 bits per heavy atom. The van der Waals surface area contributed by atoms with Gasteiger partial charge in [-0.15, -0.1) is 11.3 Å². The first-order chi connectivity index (χ1) is 12.1. The van der Waals surface area contributed by atoms with Crippen LogP contribution in [-0.4, -0.2) is 56.1 Å². The van der Waals surface area contributed by atoms with Crippen molar-refractivity contribution in [2.45, 2.75) is 6.54 Å². The topological polar surface area (TPSA) is 42.0 Å². The number of methoxy groups -OCH3 is 2. The molecule has 0 bridgehead atoms. The number of carbonyl (C=O) groups excluding carboxylic acids is 1. The largest absolute Gasteiger partial charge is 0.493 e. The lowest BCUT2D eigenvalue weighted by Crippen LogP contribution is -2.48. The van der Waals surface area contributed by atoms with E-state index in [0.29, 0.717) is 30.2 Å². The first-order valence-electron chi connectivity index (χ1n) is 8.09. The molecule has 7 heteroatoms. The second-order valence-corrected chi connectivity index (χ2v) is 7.61. The summed E-state index contributed by atoms with van der Waals surface area (Å²) in [6, 6.07) is 9.37. The zero-order valence-corrected chi connectivity index (χ0v) is 15.9. The molecule has 1 aliphatic rings. The maximum Gasteiger partial charge on any atom is 0.257 e. The van der Waals surface area contributed by atoms with E-state index in [1.807, 2.05) is 17.0 Å². The average Bonchev–Trinajstić information content (AvgIpc) is 3.05. The minimum Gasteiger partial charge on any atom is -0.493 e. The number of rotatable bonds is 5. The third-order valence-electron chi connectivity index (χ3n) is 4.30. The predicted molar refractivity (Wildman–Crippen MR) is 100 cm³/mol. The summed E-state index contributed by atoms with van der Waals surface area (Å²) in [7, 11) is 3.13. The van der Waals surface area contributed by atoms with Gasteiger partial charge in [-0.3, -0.25) is 9.69 Å². The molecule has 0 atom stereocenters. The Labute approximate surface area is 156 Å². The van der Waals surface area contributed by atoms with Crippen molar-refractivity contribution >= 4 is 28.8 Å². The lowest BCUT2D eigenvalue weighted by molar-refractivity contribution is 0.0626. The highest BCUT2D eigenvalue weighted by atomic mass is 35.5. The Morgan fingerprint density at radius 3 is 2.48 bits per heavy atom. The number of benzene rings is 1. The van der Waals surface area contributed by atoms with Gasteiger partial charge in [-0.05, 0) is 24.3 Å². The van der Waals surface area contributed by atoms with Gasteiger partial charge in [0.25, 0.3) is 5.91 Å². The van der Waals surface area contributed by atoms with Crippen molar-refractivity contribution in [3.8, 4) is 11.5 Å². The first kappa shape index (κ1) is 18.0. The van der Waals surface area contributed by atoms with Gasteiger partial charge in [0.05, 0.1) is 24.1 Å². The Balaban J connectivity index is 1.64. The van der Waals surface area contributed by atoms with Crippen molar-refractivity contribution in [1.29, 1.82) is 0 Å². The predicted octanol–water partition coefficient (Wildman–Crippen LogP) is 3.38. The quantitative estimate of drug-likeness (QED) is 0.797. The van der Waals surface area contributed by atoms with E-state index in [4.69, 9.17) is 21.1 Å². The molecule has 0 saturated carbocycles. The molecule has 0 aliphatic carbocycles. The van der Waals surface area contributed by atoms with Crippen LogP contribution in [0.5, 0.6) is 11.5 Å². The molecule has 5 nitrogen and oxygen atoms in total. The van der Waals surface area contributed by atoms with Gasteiger partial charge in [-0.1, -0.05) is 17.7 Å². The molecule has 0 N–H and O–H groups in total. The minimum atomic E-state index is -0.0189. The summed E-state index contributed by atoms with van der Waals surface area (Å²) in [5.74, 6) is 1.04. The number of thiophene rings is 1. The molecule has 1 fully saturated rings. The van der Waals surface area contributed by atoms with Crippen molar-refractivity contribution in [2.24, 2.45) is 0 Å². The third kappa shape index (κ3) is 4.08. The van der Waals surface area contributed by atoms with E-state index in [0.717, 1.165) is 24.0 Å². The van der Waals surface area contributed by atoms with Gasteiger partial charge in [0.15, 0.2) is 11.5 Å². The number of para-hydroxylation sites is 1. The summed E-state index contributed by atoms with van der Waals surface area (Å²) < 4.78 is 11.5. The van der Waals surface area contributed by atoms with Crippen molar-refractivity contribution < 1.29 is 14.3 Å². The number of carbonyl (C=O) groups is 1. The highest BCUT2D eigenvalue weighted by molar-refractivity contribution is 7.16. The summed E-state index contributed by atoms with van der Waals surface area (Å²) in [5, 5.41) is 0. The summed E-state index contributed by atoms with van der Waals surface area (Å²) in [4.78, 5) is 18.3. The number of hydrogen-bond donors (Lipinski definition) is 0. The highest BCUT2D eigenvalue weighted by Gasteiger charge is 2.25. The maximum absolute atomic E-state index is 12.9. The van der Waals surface area contributed by atoms with Crippen LogP contribution in [0.2, 0.25) is 4.34 Å². The fourth-order valence-electron chi connectivity index (χ4n) is 2.99. The molecule has 1 aromatic heterocycles. The molecule has 2 aromatic rings. The fourth-order valence-corrected chi connectivity index (χ4v) is 4.12. The minimum absolute atomic E-state index is 0.0189. The molecule has 0 spiro atoms. The molecule has 1 aromatic carbocycles. The molecule has 1 saturated heterocycles. The normalized spacial score (nSPS) is 15.2. The SMILES string of the molecule is COc1cccc(C(=O)N2CCN(Cc3ccc(Cl)s3)CC2)c1OC. The number of nitrogens with zero attached hydrogens (tertiary/aromatic N) is 2. The van der Waals surface area contributed by atoms with Crippen LogP contribution in [0, 0.1) is 0 Å². The monoisotopic (exact) mass is 380 g/mol. The Morgan fingerprint density at radius 1 is 1.12 bits per heavy atom. The van der Waals surface area contributed by atoms with E-state index < -0.39 is 0 Å². The van der Waals surface area contributed by atoms with E-state index in [9.17, 15) is 4.79 Å². The summed E-state index contributed by atoms with van der Waals surface area (Å²) in [5.41, 5.74) is 0.542. The van der Waals surface area contributed by atoms with Crippen LogP contribution in [0.25, 0.3) is 0 Å². The fraction of sp³-hybridized carbons (Fsp3) is 0.389. The lowest BCUT2D eigenvalue weighted by atomic mass is 10.1. The second kappa shape index (κ2) is 8.08. The van der Waals surface area contributed by atoms with Crippen LogP contribution in [0.4, 0.5) is 0 Å². The second-order valence-electron chi connectivity index (χ2n) is 5.82. The van der Waals surface area contributed by atoms with E-state index in [2.05, 4.69) is 11.0 Å². The third-order valence-corrected chi connectivity index (χ3v) is 5.52. The number of hydrogen-bond acceptors (Lipinski definition) is 5. The van der Waals surface area contributed by atoms with Crippen molar-refractivity contribution in [2.75, 3.05) is 40.4 Å². The van der Waals surface area contributed by atoms with Crippen LogP contribution in [-0.2, 0) is 6.54 Å². The summed E-state index contributed by atoms with van der Waals surface area (Å²) >= 11 is 7.60. The van der Waals surface area contributed by atoms with Crippen LogP contribution >= 0.6 is 22.9 Å². The van der Waals surface area contributed by atoms with Crippen molar-refractivity contribution in [3.05, 3.63) is 45.1 Å². The summed E-state index contributed by atoms with van der Waals surface area (Å²) in [6.07, 6.45) is 0. The lowest BCUT2D eigenvalue weighted by Gasteiger charge is -2.34. The molecule has 3 rings (SSSR count). The van der Waals surface area contributed by atoms with Gasteiger partial charge in [0.2, 0.25) is 0 Å². The van der Waals surface area contributed by atoms with Gasteiger partial charge in [-0.2, -0.15) is 0 Å². The Bertz CT molecular complexity index is 742. The number of piperazine rings is 1. The van der Waals surface area contributed by atoms with Gasteiger partial charge in [0, 0.05) is 37.6 Å².